The maximum Gasteiger partial charge on any atom is 0.309 e. The summed E-state index contributed by atoms with van der Waals surface area (Å²) in [6, 6.07) is 10.8. The fourth-order valence-electron chi connectivity index (χ4n) is 1.63. The molecule has 0 aromatic heterocycles. The van der Waals surface area contributed by atoms with Crippen LogP contribution in [0.2, 0.25) is 0 Å². The smallest absolute Gasteiger partial charge is 0.309 e. The number of methoxy groups -OCH3 is 1. The number of phenols is 1. The van der Waals surface area contributed by atoms with Crippen LogP contribution in [0.25, 0.3) is 10.8 Å². The normalized spacial score (nSPS) is 9.71. The van der Waals surface area contributed by atoms with Crippen LogP contribution >= 0.6 is 0 Å². The van der Waals surface area contributed by atoms with E-state index in [1.165, 1.54) is 7.11 Å². The van der Waals surface area contributed by atoms with Crippen LogP contribution in [-0.4, -0.2) is 18.2 Å². The summed E-state index contributed by atoms with van der Waals surface area (Å²) >= 11 is 0. The third-order valence-corrected chi connectivity index (χ3v) is 2.46. The summed E-state index contributed by atoms with van der Waals surface area (Å²) in [4.78, 5) is 11.1. The number of carbonyl (C=O) groups excluding carboxylic acids is 1. The Morgan fingerprint density at radius 3 is 2.53 bits per heavy atom. The first-order valence-electron chi connectivity index (χ1n) is 4.97. The summed E-state index contributed by atoms with van der Waals surface area (Å²) in [5.41, 5.74) is 0.907. The molecule has 0 spiro atoms. The van der Waals surface area contributed by atoms with Crippen molar-refractivity contribution in [3.63, 3.8) is 0 Å². The highest BCUT2D eigenvalue weighted by Gasteiger charge is 2.03. The predicted octanol–water partition coefficient (Wildman–Crippen LogP) is 2.90. The van der Waals surface area contributed by atoms with Crippen molar-refractivity contribution in [2.75, 3.05) is 7.11 Å². The van der Waals surface area contributed by atoms with E-state index in [2.05, 4.69) is 4.74 Å². The van der Waals surface area contributed by atoms with E-state index in [1.807, 2.05) is 24.3 Å². The SMILES string of the molecule is C.COC(=O)Cc1ccc2cc(O)ccc2c1. The zero-order valence-corrected chi connectivity index (χ0v) is 8.93. The maximum absolute atomic E-state index is 11.1. The average molecular weight is 232 g/mol. The molecule has 2 rings (SSSR count). The topological polar surface area (TPSA) is 46.5 Å². The van der Waals surface area contributed by atoms with E-state index in [1.54, 1.807) is 12.1 Å². The minimum Gasteiger partial charge on any atom is -0.508 e. The van der Waals surface area contributed by atoms with Gasteiger partial charge in [-0.05, 0) is 28.5 Å². The van der Waals surface area contributed by atoms with Gasteiger partial charge in [0.2, 0.25) is 0 Å². The first-order valence-corrected chi connectivity index (χ1v) is 4.97. The number of hydrogen-bond donors (Lipinski definition) is 1. The minimum atomic E-state index is -0.252. The second-order valence-electron chi connectivity index (χ2n) is 3.62. The number of rotatable bonds is 2. The van der Waals surface area contributed by atoms with Gasteiger partial charge in [0.15, 0.2) is 0 Å². The number of aromatic hydroxyl groups is 1. The van der Waals surface area contributed by atoms with Crippen molar-refractivity contribution < 1.29 is 14.6 Å². The molecular weight excluding hydrogens is 216 g/mol. The summed E-state index contributed by atoms with van der Waals surface area (Å²) in [6.07, 6.45) is 0.271. The molecule has 0 heterocycles. The number of carbonyl (C=O) groups is 1. The van der Waals surface area contributed by atoms with E-state index in [9.17, 15) is 9.90 Å². The van der Waals surface area contributed by atoms with Crippen LogP contribution in [0, 0.1) is 0 Å². The summed E-state index contributed by atoms with van der Waals surface area (Å²) in [5.74, 6) is -0.00801. The van der Waals surface area contributed by atoms with Crippen molar-refractivity contribution in [2.24, 2.45) is 0 Å². The van der Waals surface area contributed by atoms with Gasteiger partial charge in [0.05, 0.1) is 13.5 Å². The van der Waals surface area contributed by atoms with Crippen LogP contribution in [0.3, 0.4) is 0 Å². The molecule has 3 heteroatoms. The Morgan fingerprint density at radius 1 is 1.18 bits per heavy atom. The second kappa shape index (κ2) is 5.34. The van der Waals surface area contributed by atoms with Gasteiger partial charge in [-0.3, -0.25) is 4.79 Å². The zero-order valence-electron chi connectivity index (χ0n) is 8.93. The summed E-state index contributed by atoms with van der Waals surface area (Å²) in [7, 11) is 1.38. The van der Waals surface area contributed by atoms with Crippen LogP contribution in [0.5, 0.6) is 5.75 Å². The van der Waals surface area contributed by atoms with Gasteiger partial charge in [0.25, 0.3) is 0 Å². The molecule has 2 aromatic rings. The highest BCUT2D eigenvalue weighted by atomic mass is 16.5. The van der Waals surface area contributed by atoms with Crippen molar-refractivity contribution >= 4 is 16.7 Å². The monoisotopic (exact) mass is 232 g/mol. The van der Waals surface area contributed by atoms with Gasteiger partial charge in [-0.25, -0.2) is 0 Å². The van der Waals surface area contributed by atoms with Crippen LogP contribution in [0.1, 0.15) is 13.0 Å². The van der Waals surface area contributed by atoms with Crippen molar-refractivity contribution in [1.82, 2.24) is 0 Å². The largest absolute Gasteiger partial charge is 0.508 e. The molecular formula is C14H16O3. The molecule has 0 aliphatic heterocycles. The molecule has 0 unspecified atom stereocenters. The quantitative estimate of drug-likeness (QED) is 0.810. The van der Waals surface area contributed by atoms with Gasteiger partial charge in [-0.2, -0.15) is 0 Å². The molecule has 90 valence electrons. The van der Waals surface area contributed by atoms with E-state index >= 15 is 0 Å². The third-order valence-electron chi connectivity index (χ3n) is 2.46. The lowest BCUT2D eigenvalue weighted by molar-refractivity contribution is -0.139. The Bertz CT molecular complexity index is 532. The zero-order chi connectivity index (χ0) is 11.5. The molecule has 0 bridgehead atoms. The molecule has 0 saturated carbocycles. The van der Waals surface area contributed by atoms with Crippen LogP contribution in [0.4, 0.5) is 0 Å². The molecule has 0 fully saturated rings. The molecule has 0 aliphatic rings. The molecule has 1 N–H and O–H groups in total. The molecule has 0 aliphatic carbocycles. The van der Waals surface area contributed by atoms with Gasteiger partial charge >= 0.3 is 5.97 Å². The average Bonchev–Trinajstić information content (AvgIpc) is 2.29. The number of fused-ring (bicyclic) bond motifs is 1. The lowest BCUT2D eigenvalue weighted by Gasteiger charge is -2.03. The maximum atomic E-state index is 11.1. The fourth-order valence-corrected chi connectivity index (χ4v) is 1.63. The Labute approximate surface area is 101 Å². The van der Waals surface area contributed by atoms with Crippen LogP contribution < -0.4 is 0 Å². The number of benzene rings is 2. The third kappa shape index (κ3) is 2.97. The van der Waals surface area contributed by atoms with E-state index in [-0.39, 0.29) is 25.6 Å². The molecule has 2 aromatic carbocycles. The number of phenolic OH excluding ortho intramolecular Hbond substituents is 1. The fraction of sp³-hybridized carbons (Fsp3) is 0.214. The van der Waals surface area contributed by atoms with E-state index in [0.29, 0.717) is 0 Å². The van der Waals surface area contributed by atoms with Gasteiger partial charge in [0, 0.05) is 0 Å². The summed E-state index contributed by atoms with van der Waals surface area (Å²) in [5, 5.41) is 11.3. The molecule has 3 nitrogen and oxygen atoms in total. The van der Waals surface area contributed by atoms with Gasteiger partial charge < -0.3 is 9.84 Å². The summed E-state index contributed by atoms with van der Waals surface area (Å²) in [6.45, 7) is 0. The lowest BCUT2D eigenvalue weighted by Crippen LogP contribution is -2.04. The predicted molar refractivity (Wildman–Crippen MR) is 68.1 cm³/mol. The molecule has 0 saturated heterocycles. The summed E-state index contributed by atoms with van der Waals surface area (Å²) < 4.78 is 4.61. The van der Waals surface area contributed by atoms with Crippen LogP contribution in [0.15, 0.2) is 36.4 Å². The molecule has 17 heavy (non-hydrogen) atoms. The number of ether oxygens (including phenoxy) is 1. The van der Waals surface area contributed by atoms with Gasteiger partial charge in [-0.1, -0.05) is 31.7 Å². The van der Waals surface area contributed by atoms with Crippen molar-refractivity contribution in [3.8, 4) is 5.75 Å². The molecule has 0 amide bonds. The Hall–Kier alpha value is -2.03. The Morgan fingerprint density at radius 2 is 1.82 bits per heavy atom. The first-order chi connectivity index (χ1) is 7.69. The second-order valence-corrected chi connectivity index (χ2v) is 3.62. The molecule has 0 atom stereocenters. The highest BCUT2D eigenvalue weighted by molar-refractivity contribution is 5.85. The number of hydrogen-bond acceptors (Lipinski definition) is 3. The van der Waals surface area contributed by atoms with E-state index in [4.69, 9.17) is 0 Å². The Balaban J connectivity index is 0.00000144. The highest BCUT2D eigenvalue weighted by Crippen LogP contribution is 2.21. The first kappa shape index (κ1) is 13.0. The van der Waals surface area contributed by atoms with Gasteiger partial charge in [-0.15, -0.1) is 0 Å². The standard InChI is InChI=1S/C13H12O3.CH4/c1-16-13(15)7-9-2-3-11-8-12(14)5-4-10(11)6-9;/h2-6,8,14H,7H2,1H3;1H4. The van der Waals surface area contributed by atoms with Crippen LogP contribution in [-0.2, 0) is 16.0 Å². The minimum absolute atomic E-state index is 0. The van der Waals surface area contributed by atoms with E-state index < -0.39 is 0 Å². The van der Waals surface area contributed by atoms with Crippen molar-refractivity contribution in [1.29, 1.82) is 0 Å². The lowest BCUT2D eigenvalue weighted by atomic mass is 10.0. The number of esters is 1. The van der Waals surface area contributed by atoms with E-state index in [0.717, 1.165) is 16.3 Å². The van der Waals surface area contributed by atoms with Crippen molar-refractivity contribution in [3.05, 3.63) is 42.0 Å². The van der Waals surface area contributed by atoms with Gasteiger partial charge in [0.1, 0.15) is 5.75 Å². The van der Waals surface area contributed by atoms with Crippen molar-refractivity contribution in [2.45, 2.75) is 13.8 Å². The Kier molecular flexibility index (Phi) is 4.10. The molecule has 0 radical (unpaired) electrons.